The zero-order valence-electron chi connectivity index (χ0n) is 12.6. The second-order valence-electron chi connectivity index (χ2n) is 5.49. The van der Waals surface area contributed by atoms with Gasteiger partial charge in [-0.05, 0) is 30.5 Å². The van der Waals surface area contributed by atoms with E-state index in [-0.39, 0.29) is 30.1 Å². The van der Waals surface area contributed by atoms with E-state index in [0.717, 1.165) is 36.9 Å². The van der Waals surface area contributed by atoms with Gasteiger partial charge in [0, 0.05) is 31.1 Å². The minimum atomic E-state index is -0.0575. The summed E-state index contributed by atoms with van der Waals surface area (Å²) in [4.78, 5) is 23.5. The molecule has 0 heterocycles. The minimum absolute atomic E-state index is 0. The van der Waals surface area contributed by atoms with Crippen molar-refractivity contribution in [3.8, 4) is 0 Å². The maximum absolute atomic E-state index is 12.1. The fourth-order valence-electron chi connectivity index (χ4n) is 2.61. The number of carbonyl (C=O) groups excluding carboxylic acids is 2. The van der Waals surface area contributed by atoms with E-state index >= 15 is 0 Å². The first-order valence-electron chi connectivity index (χ1n) is 7.55. The minimum Gasteiger partial charge on any atom is -0.352 e. The van der Waals surface area contributed by atoms with E-state index in [1.54, 1.807) is 0 Å². The number of benzene rings is 1. The zero-order chi connectivity index (χ0) is 15.1. The van der Waals surface area contributed by atoms with Gasteiger partial charge in [-0.3, -0.25) is 9.59 Å². The molecule has 0 aromatic heterocycles. The van der Waals surface area contributed by atoms with Gasteiger partial charge < -0.3 is 16.4 Å². The highest BCUT2D eigenvalue weighted by Crippen LogP contribution is 2.26. The summed E-state index contributed by atoms with van der Waals surface area (Å²) in [6, 6.07) is 7.58. The molecule has 22 heavy (non-hydrogen) atoms. The molecule has 1 aromatic carbocycles. The average Bonchev–Trinajstić information content (AvgIpc) is 3.00. The molecule has 2 rings (SSSR count). The van der Waals surface area contributed by atoms with Crippen LogP contribution >= 0.6 is 12.4 Å². The number of nitrogens with one attached hydrogen (secondary N) is 2. The van der Waals surface area contributed by atoms with Crippen LogP contribution in [-0.4, -0.2) is 18.4 Å². The highest BCUT2D eigenvalue weighted by Gasteiger charge is 2.22. The maximum atomic E-state index is 12.1. The maximum Gasteiger partial charge on any atom is 0.227 e. The molecule has 1 aliphatic carbocycles. The molecule has 0 saturated heterocycles. The highest BCUT2D eigenvalue weighted by atomic mass is 35.5. The van der Waals surface area contributed by atoms with Crippen LogP contribution in [0.3, 0.4) is 0 Å². The molecular weight excluding hydrogens is 302 g/mol. The number of anilines is 1. The van der Waals surface area contributed by atoms with Gasteiger partial charge in [-0.1, -0.05) is 25.0 Å². The Labute approximate surface area is 137 Å². The molecule has 1 aliphatic rings. The van der Waals surface area contributed by atoms with Crippen molar-refractivity contribution in [2.24, 2.45) is 11.7 Å². The number of halogens is 1. The average molecular weight is 326 g/mol. The molecule has 1 aromatic rings. The lowest BCUT2D eigenvalue weighted by atomic mass is 10.1. The molecule has 0 atom stereocenters. The molecule has 5 nitrogen and oxygen atoms in total. The second-order valence-corrected chi connectivity index (χ2v) is 5.49. The van der Waals surface area contributed by atoms with E-state index in [1.807, 2.05) is 24.3 Å². The van der Waals surface area contributed by atoms with Crippen LogP contribution in [0.4, 0.5) is 5.69 Å². The van der Waals surface area contributed by atoms with Gasteiger partial charge in [0.15, 0.2) is 0 Å². The first kappa shape index (κ1) is 18.5. The number of hydrogen-bond acceptors (Lipinski definition) is 3. The smallest absolute Gasteiger partial charge is 0.227 e. The molecule has 4 N–H and O–H groups in total. The molecule has 0 radical (unpaired) electrons. The van der Waals surface area contributed by atoms with E-state index in [1.165, 1.54) is 0 Å². The summed E-state index contributed by atoms with van der Waals surface area (Å²) in [6.45, 7) is 0.801. The van der Waals surface area contributed by atoms with Crippen LogP contribution in [0.15, 0.2) is 24.3 Å². The van der Waals surface area contributed by atoms with Crippen LogP contribution in [-0.2, 0) is 16.1 Å². The number of amides is 2. The first-order valence-corrected chi connectivity index (χ1v) is 7.55. The summed E-state index contributed by atoms with van der Waals surface area (Å²) in [6.07, 6.45) is 4.59. The van der Waals surface area contributed by atoms with Crippen molar-refractivity contribution in [2.45, 2.75) is 38.6 Å². The van der Waals surface area contributed by atoms with Crippen LogP contribution in [0.5, 0.6) is 0 Å². The van der Waals surface area contributed by atoms with Crippen LogP contribution in [0.2, 0.25) is 0 Å². The fraction of sp³-hybridized carbons (Fsp3) is 0.500. The van der Waals surface area contributed by atoms with Crippen LogP contribution in [0.1, 0.15) is 37.7 Å². The predicted octanol–water partition coefficient (Wildman–Crippen LogP) is 2.20. The summed E-state index contributed by atoms with van der Waals surface area (Å²) in [5.41, 5.74) is 7.08. The van der Waals surface area contributed by atoms with Crippen molar-refractivity contribution in [1.82, 2.24) is 5.32 Å². The Morgan fingerprint density at radius 2 is 1.95 bits per heavy atom. The summed E-state index contributed by atoms with van der Waals surface area (Å²) in [5.74, 6) is 0.202. The first-order chi connectivity index (χ1) is 10.2. The Bertz CT molecular complexity index is 502. The van der Waals surface area contributed by atoms with Crippen molar-refractivity contribution < 1.29 is 9.59 Å². The summed E-state index contributed by atoms with van der Waals surface area (Å²) < 4.78 is 0. The lowest BCUT2D eigenvalue weighted by molar-refractivity contribution is -0.121. The van der Waals surface area contributed by atoms with Gasteiger partial charge in [-0.25, -0.2) is 0 Å². The van der Waals surface area contributed by atoms with E-state index in [9.17, 15) is 9.59 Å². The lowest BCUT2D eigenvalue weighted by Gasteiger charge is -2.11. The molecule has 122 valence electrons. The van der Waals surface area contributed by atoms with E-state index < -0.39 is 0 Å². The zero-order valence-corrected chi connectivity index (χ0v) is 13.5. The largest absolute Gasteiger partial charge is 0.352 e. The Hall–Kier alpha value is -1.59. The van der Waals surface area contributed by atoms with Gasteiger partial charge in [0.2, 0.25) is 11.8 Å². The number of nitrogens with two attached hydrogens (primary N) is 1. The second kappa shape index (κ2) is 9.43. The Morgan fingerprint density at radius 1 is 1.23 bits per heavy atom. The highest BCUT2D eigenvalue weighted by molar-refractivity contribution is 5.92. The molecule has 2 amide bonds. The molecule has 0 unspecified atom stereocenters. The number of rotatable bonds is 6. The monoisotopic (exact) mass is 325 g/mol. The third-order valence-corrected chi connectivity index (χ3v) is 3.78. The van der Waals surface area contributed by atoms with Gasteiger partial charge in [0.1, 0.15) is 0 Å². The quantitative estimate of drug-likeness (QED) is 0.749. The molecular formula is C16H24ClN3O2. The van der Waals surface area contributed by atoms with Gasteiger partial charge >= 0.3 is 0 Å². The molecule has 0 spiro atoms. The van der Waals surface area contributed by atoms with Crippen LogP contribution in [0.25, 0.3) is 0 Å². The molecule has 1 saturated carbocycles. The normalized spacial score (nSPS) is 14.2. The molecule has 1 fully saturated rings. The topological polar surface area (TPSA) is 84.2 Å². The standard InChI is InChI=1S/C16H23N3O2.ClH/c17-9-8-15(20)18-11-12-4-3-7-14(10-12)19-16(21)13-5-1-2-6-13;/h3-4,7,10,13H,1-2,5-6,8-9,11,17H2,(H,18,20)(H,19,21);1H. The van der Waals surface area contributed by atoms with Gasteiger partial charge in [-0.15, -0.1) is 12.4 Å². The van der Waals surface area contributed by atoms with Crippen LogP contribution < -0.4 is 16.4 Å². The van der Waals surface area contributed by atoms with E-state index in [4.69, 9.17) is 5.73 Å². The summed E-state index contributed by atoms with van der Waals surface area (Å²) in [7, 11) is 0. The third kappa shape index (κ3) is 5.66. The van der Waals surface area contributed by atoms with E-state index in [2.05, 4.69) is 10.6 Å². The summed E-state index contributed by atoms with van der Waals surface area (Å²) in [5, 5.41) is 5.77. The lowest BCUT2D eigenvalue weighted by Crippen LogP contribution is -2.25. The fourth-order valence-corrected chi connectivity index (χ4v) is 2.61. The number of hydrogen-bond donors (Lipinski definition) is 3. The Kier molecular flexibility index (Phi) is 7.91. The van der Waals surface area contributed by atoms with Crippen molar-refractivity contribution in [1.29, 1.82) is 0 Å². The van der Waals surface area contributed by atoms with Gasteiger partial charge in [0.25, 0.3) is 0 Å². The SMILES string of the molecule is Cl.NCCC(=O)NCc1cccc(NC(=O)C2CCCC2)c1. The third-order valence-electron chi connectivity index (χ3n) is 3.78. The van der Waals surface area contributed by atoms with Crippen molar-refractivity contribution in [2.75, 3.05) is 11.9 Å². The molecule has 0 bridgehead atoms. The van der Waals surface area contributed by atoms with Crippen molar-refractivity contribution in [3.63, 3.8) is 0 Å². The Morgan fingerprint density at radius 3 is 2.64 bits per heavy atom. The van der Waals surface area contributed by atoms with Gasteiger partial charge in [-0.2, -0.15) is 0 Å². The summed E-state index contributed by atoms with van der Waals surface area (Å²) >= 11 is 0. The van der Waals surface area contributed by atoms with Gasteiger partial charge in [0.05, 0.1) is 0 Å². The van der Waals surface area contributed by atoms with Crippen molar-refractivity contribution >= 4 is 29.9 Å². The number of carbonyl (C=O) groups is 2. The van der Waals surface area contributed by atoms with Crippen molar-refractivity contribution in [3.05, 3.63) is 29.8 Å². The van der Waals surface area contributed by atoms with E-state index in [0.29, 0.717) is 19.5 Å². The van der Waals surface area contributed by atoms with Crippen LogP contribution in [0, 0.1) is 5.92 Å². The predicted molar refractivity (Wildman–Crippen MR) is 89.8 cm³/mol. The molecule has 6 heteroatoms. The Balaban J connectivity index is 0.00000242. The molecule has 0 aliphatic heterocycles.